The van der Waals surface area contributed by atoms with Crippen molar-refractivity contribution in [3.05, 3.63) is 47.5 Å². The number of hydrogen-bond acceptors (Lipinski definition) is 2. The van der Waals surface area contributed by atoms with Gasteiger partial charge in [0.2, 0.25) is 0 Å². The van der Waals surface area contributed by atoms with Gasteiger partial charge in [0.15, 0.2) is 0 Å². The van der Waals surface area contributed by atoms with Gasteiger partial charge in [0.25, 0.3) is 0 Å². The van der Waals surface area contributed by atoms with E-state index >= 15 is 0 Å². The molecule has 0 unspecified atom stereocenters. The molecule has 3 nitrogen and oxygen atoms in total. The lowest BCUT2D eigenvalue weighted by Gasteiger charge is -2.34. The molecule has 3 heteroatoms. The topological polar surface area (TPSA) is 57.5 Å². The number of rotatable bonds is 4. The summed E-state index contributed by atoms with van der Waals surface area (Å²) < 4.78 is 0. The molecule has 0 bridgehead atoms. The Labute approximate surface area is 113 Å². The molecule has 2 atom stereocenters. The Balaban J connectivity index is 2.38. The summed E-state index contributed by atoms with van der Waals surface area (Å²) in [5.74, 6) is -1.90. The average molecular weight is 260 g/mol. The van der Waals surface area contributed by atoms with E-state index in [1.165, 1.54) is 0 Å². The van der Waals surface area contributed by atoms with Crippen LogP contribution in [-0.2, 0) is 4.79 Å². The molecule has 0 fully saturated rings. The first kappa shape index (κ1) is 13.8. The van der Waals surface area contributed by atoms with Gasteiger partial charge in [-0.15, -0.1) is 0 Å². The Bertz CT molecular complexity index is 474. The van der Waals surface area contributed by atoms with Crippen LogP contribution in [0, 0.1) is 0 Å². The van der Waals surface area contributed by atoms with E-state index in [1.54, 1.807) is 31.2 Å². The Hall–Kier alpha value is -1.61. The maximum atomic E-state index is 11.6. The number of hydrogen-bond donors (Lipinski definition) is 2. The SMILES string of the molecule is C[C@](O)(C1=CCCCC1)[C@H](C(=O)O)c1ccccc1. The van der Waals surface area contributed by atoms with Gasteiger partial charge in [0.1, 0.15) is 11.5 Å². The Morgan fingerprint density at radius 3 is 2.47 bits per heavy atom. The van der Waals surface area contributed by atoms with Crippen LogP contribution in [0.25, 0.3) is 0 Å². The van der Waals surface area contributed by atoms with E-state index < -0.39 is 17.5 Å². The fourth-order valence-corrected chi connectivity index (χ4v) is 2.84. The molecule has 1 aliphatic rings. The van der Waals surface area contributed by atoms with Gasteiger partial charge in [-0.1, -0.05) is 36.4 Å². The van der Waals surface area contributed by atoms with Crippen LogP contribution in [0.1, 0.15) is 44.1 Å². The molecule has 102 valence electrons. The second-order valence-corrected chi connectivity index (χ2v) is 5.30. The molecule has 2 N–H and O–H groups in total. The van der Waals surface area contributed by atoms with Crippen molar-refractivity contribution >= 4 is 5.97 Å². The number of carboxylic acid groups (broad SMARTS) is 1. The highest BCUT2D eigenvalue weighted by Crippen LogP contribution is 2.38. The summed E-state index contributed by atoms with van der Waals surface area (Å²) in [4.78, 5) is 11.6. The largest absolute Gasteiger partial charge is 0.481 e. The van der Waals surface area contributed by atoms with Gasteiger partial charge in [0, 0.05) is 0 Å². The normalized spacial score (nSPS) is 20.2. The van der Waals surface area contributed by atoms with Gasteiger partial charge < -0.3 is 10.2 Å². The highest BCUT2D eigenvalue weighted by atomic mass is 16.4. The smallest absolute Gasteiger partial charge is 0.314 e. The summed E-state index contributed by atoms with van der Waals surface area (Å²) >= 11 is 0. The van der Waals surface area contributed by atoms with E-state index in [4.69, 9.17) is 0 Å². The highest BCUT2D eigenvalue weighted by Gasteiger charge is 2.41. The van der Waals surface area contributed by atoms with Gasteiger partial charge in [0.05, 0.1) is 0 Å². The second kappa shape index (κ2) is 5.57. The van der Waals surface area contributed by atoms with Crippen molar-refractivity contribution in [3.8, 4) is 0 Å². The summed E-state index contributed by atoms with van der Waals surface area (Å²) in [5.41, 5.74) is 0.176. The number of carbonyl (C=O) groups is 1. The van der Waals surface area contributed by atoms with Crippen LogP contribution in [-0.4, -0.2) is 21.8 Å². The molecule has 1 aromatic rings. The lowest BCUT2D eigenvalue weighted by Crippen LogP contribution is -2.40. The summed E-state index contributed by atoms with van der Waals surface area (Å²) in [5, 5.41) is 20.3. The maximum absolute atomic E-state index is 11.6. The Kier molecular flexibility index (Phi) is 4.05. The van der Waals surface area contributed by atoms with Crippen LogP contribution in [0.2, 0.25) is 0 Å². The number of aliphatic carboxylic acids is 1. The van der Waals surface area contributed by atoms with Crippen LogP contribution in [0.3, 0.4) is 0 Å². The molecular formula is C16H20O3. The van der Waals surface area contributed by atoms with Gasteiger partial charge in [-0.2, -0.15) is 0 Å². The van der Waals surface area contributed by atoms with Crippen LogP contribution >= 0.6 is 0 Å². The first-order chi connectivity index (χ1) is 9.03. The standard InChI is InChI=1S/C16H20O3/c1-16(19,13-10-6-3-7-11-13)14(15(17)18)12-8-4-2-5-9-12/h2,4-5,8-10,14,19H,3,6-7,11H2,1H3,(H,17,18)/t14-,16-/m0/s1. The van der Waals surface area contributed by atoms with Crippen molar-refractivity contribution in [3.63, 3.8) is 0 Å². The molecule has 1 aliphatic carbocycles. The lowest BCUT2D eigenvalue weighted by molar-refractivity contribution is -0.143. The molecule has 0 radical (unpaired) electrons. The molecule has 19 heavy (non-hydrogen) atoms. The van der Waals surface area contributed by atoms with Crippen LogP contribution < -0.4 is 0 Å². The molecule has 2 rings (SSSR count). The predicted molar refractivity (Wildman–Crippen MR) is 74.0 cm³/mol. The minimum absolute atomic E-state index is 0.645. The first-order valence-electron chi connectivity index (χ1n) is 6.73. The van der Waals surface area contributed by atoms with Crippen molar-refractivity contribution in [1.82, 2.24) is 0 Å². The third-order valence-electron chi connectivity index (χ3n) is 3.88. The van der Waals surface area contributed by atoms with Crippen molar-refractivity contribution < 1.29 is 15.0 Å². The fraction of sp³-hybridized carbons (Fsp3) is 0.438. The molecule has 0 aromatic heterocycles. The van der Waals surface area contributed by atoms with Crippen LogP contribution in [0.15, 0.2) is 42.0 Å². The van der Waals surface area contributed by atoms with E-state index in [9.17, 15) is 15.0 Å². The maximum Gasteiger partial charge on any atom is 0.314 e. The van der Waals surface area contributed by atoms with Crippen molar-refractivity contribution in [2.45, 2.75) is 44.1 Å². The lowest BCUT2D eigenvalue weighted by atomic mass is 9.75. The van der Waals surface area contributed by atoms with E-state index in [0.29, 0.717) is 5.56 Å². The highest BCUT2D eigenvalue weighted by molar-refractivity contribution is 5.78. The number of allylic oxidation sites excluding steroid dienone is 1. The Morgan fingerprint density at radius 1 is 1.26 bits per heavy atom. The third kappa shape index (κ3) is 2.87. The van der Waals surface area contributed by atoms with Crippen molar-refractivity contribution in [2.75, 3.05) is 0 Å². The third-order valence-corrected chi connectivity index (χ3v) is 3.88. The molecule has 0 saturated heterocycles. The quantitative estimate of drug-likeness (QED) is 0.818. The molecule has 1 aromatic carbocycles. The van der Waals surface area contributed by atoms with Gasteiger partial charge in [-0.05, 0) is 43.7 Å². The van der Waals surface area contributed by atoms with Gasteiger partial charge >= 0.3 is 5.97 Å². The summed E-state index contributed by atoms with van der Waals surface area (Å²) in [6.45, 7) is 1.62. The van der Waals surface area contributed by atoms with Crippen LogP contribution in [0.5, 0.6) is 0 Å². The molecule has 0 spiro atoms. The zero-order valence-electron chi connectivity index (χ0n) is 11.2. The Morgan fingerprint density at radius 2 is 1.95 bits per heavy atom. The minimum Gasteiger partial charge on any atom is -0.481 e. The van der Waals surface area contributed by atoms with Crippen LogP contribution in [0.4, 0.5) is 0 Å². The number of benzene rings is 1. The minimum atomic E-state index is -1.33. The summed E-state index contributed by atoms with van der Waals surface area (Å²) in [7, 11) is 0. The second-order valence-electron chi connectivity index (χ2n) is 5.30. The van der Waals surface area contributed by atoms with Gasteiger partial charge in [-0.3, -0.25) is 4.79 Å². The summed E-state index contributed by atoms with van der Waals surface area (Å²) in [6, 6.07) is 8.97. The number of carboxylic acids is 1. The van der Waals surface area contributed by atoms with Crippen molar-refractivity contribution in [1.29, 1.82) is 0 Å². The molecular weight excluding hydrogens is 240 g/mol. The fourth-order valence-electron chi connectivity index (χ4n) is 2.84. The first-order valence-corrected chi connectivity index (χ1v) is 6.73. The molecule has 0 aliphatic heterocycles. The van der Waals surface area contributed by atoms with E-state index in [2.05, 4.69) is 0 Å². The predicted octanol–water partition coefficient (Wildman–Crippen LogP) is 3.11. The zero-order chi connectivity index (χ0) is 13.9. The van der Waals surface area contributed by atoms with E-state index in [0.717, 1.165) is 31.3 Å². The van der Waals surface area contributed by atoms with E-state index in [1.807, 2.05) is 12.1 Å². The average Bonchev–Trinajstić information content (AvgIpc) is 2.40. The zero-order valence-corrected chi connectivity index (χ0v) is 11.2. The van der Waals surface area contributed by atoms with E-state index in [-0.39, 0.29) is 0 Å². The number of aliphatic hydroxyl groups is 1. The summed E-state index contributed by atoms with van der Waals surface area (Å²) in [6.07, 6.45) is 5.84. The molecule has 0 amide bonds. The monoisotopic (exact) mass is 260 g/mol. The van der Waals surface area contributed by atoms with Gasteiger partial charge in [-0.25, -0.2) is 0 Å². The molecule has 0 heterocycles. The molecule has 0 saturated carbocycles. The van der Waals surface area contributed by atoms with Crippen molar-refractivity contribution in [2.24, 2.45) is 0 Å².